The number of carbonyl (C=O) groups excluding carboxylic acids is 1. The highest BCUT2D eigenvalue weighted by Gasteiger charge is 2.15. The molecule has 1 unspecified atom stereocenters. The van der Waals surface area contributed by atoms with Crippen LogP contribution in [0.15, 0.2) is 11.5 Å². The third kappa shape index (κ3) is 0.924. The van der Waals surface area contributed by atoms with Crippen molar-refractivity contribution >= 4 is 17.9 Å². The van der Waals surface area contributed by atoms with E-state index in [2.05, 4.69) is 9.47 Å². The molecule has 0 radical (unpaired) electrons. The van der Waals surface area contributed by atoms with E-state index in [9.17, 15) is 4.79 Å². The van der Waals surface area contributed by atoms with Gasteiger partial charge < -0.3 is 9.47 Å². The maximum absolute atomic E-state index is 9.81. The first-order valence-corrected chi connectivity index (χ1v) is 2.34. The molecule has 0 aromatic heterocycles. The number of aldehydes is 1. The molecule has 8 heavy (non-hydrogen) atoms. The van der Waals surface area contributed by atoms with Crippen molar-refractivity contribution in [2.75, 3.05) is 0 Å². The van der Waals surface area contributed by atoms with Crippen molar-refractivity contribution < 1.29 is 14.3 Å². The van der Waals surface area contributed by atoms with Gasteiger partial charge in [0.15, 0.2) is 0 Å². The van der Waals surface area contributed by atoms with E-state index in [1.165, 1.54) is 6.26 Å². The lowest BCUT2D eigenvalue weighted by Gasteiger charge is -1.98. The fourth-order valence-corrected chi connectivity index (χ4v) is 0.486. The first kappa shape index (κ1) is 5.44. The second kappa shape index (κ2) is 2.05. The zero-order chi connectivity index (χ0) is 5.98. The van der Waals surface area contributed by atoms with Gasteiger partial charge in [0, 0.05) is 0 Å². The van der Waals surface area contributed by atoms with E-state index < -0.39 is 6.29 Å². The number of halogens is 1. The van der Waals surface area contributed by atoms with Crippen LogP contribution in [0.25, 0.3) is 0 Å². The van der Waals surface area contributed by atoms with Crippen LogP contribution >= 0.6 is 11.6 Å². The normalized spacial score (nSPS) is 25.6. The maximum Gasteiger partial charge on any atom is 0.298 e. The van der Waals surface area contributed by atoms with Gasteiger partial charge in [0.2, 0.25) is 11.5 Å². The molecule has 0 saturated heterocycles. The summed E-state index contributed by atoms with van der Waals surface area (Å²) in [6.45, 7) is 0. The summed E-state index contributed by atoms with van der Waals surface area (Å²) < 4.78 is 9.08. The Labute approximate surface area is 50.8 Å². The van der Waals surface area contributed by atoms with Crippen LogP contribution in [0.1, 0.15) is 0 Å². The van der Waals surface area contributed by atoms with Crippen molar-refractivity contribution in [2.24, 2.45) is 0 Å². The third-order valence-electron chi connectivity index (χ3n) is 0.635. The number of carbonyl (C=O) groups is 1. The highest BCUT2D eigenvalue weighted by molar-refractivity contribution is 6.28. The summed E-state index contributed by atoms with van der Waals surface area (Å²) >= 11 is 5.24. The van der Waals surface area contributed by atoms with Crippen LogP contribution in [0.4, 0.5) is 0 Å². The van der Waals surface area contributed by atoms with Crippen LogP contribution < -0.4 is 0 Å². The van der Waals surface area contributed by atoms with Gasteiger partial charge in [0.25, 0.3) is 6.29 Å². The molecule has 0 aromatic carbocycles. The molecule has 0 aliphatic carbocycles. The number of hydrogen-bond acceptors (Lipinski definition) is 3. The van der Waals surface area contributed by atoms with Gasteiger partial charge in [-0.3, -0.25) is 4.79 Å². The van der Waals surface area contributed by atoms with Gasteiger partial charge in [-0.05, 0) is 11.6 Å². The highest BCUT2D eigenvalue weighted by Crippen LogP contribution is 2.14. The fraction of sp³-hybridized carbons (Fsp3) is 0.250. The van der Waals surface area contributed by atoms with Crippen molar-refractivity contribution in [2.45, 2.75) is 6.29 Å². The minimum absolute atomic E-state index is 0.113. The Hall–Kier alpha value is -0.700. The summed E-state index contributed by atoms with van der Waals surface area (Å²) in [5, 5.41) is 0.113. The molecule has 0 N–H and O–H groups in total. The zero-order valence-corrected chi connectivity index (χ0v) is 4.59. The fourth-order valence-electron chi connectivity index (χ4n) is 0.347. The highest BCUT2D eigenvalue weighted by atomic mass is 35.5. The van der Waals surface area contributed by atoms with E-state index in [0.717, 1.165) is 0 Å². The summed E-state index contributed by atoms with van der Waals surface area (Å²) in [7, 11) is 0. The van der Waals surface area contributed by atoms with Crippen molar-refractivity contribution in [3.05, 3.63) is 11.5 Å². The van der Waals surface area contributed by atoms with Crippen molar-refractivity contribution in [1.29, 1.82) is 0 Å². The van der Waals surface area contributed by atoms with Gasteiger partial charge in [-0.1, -0.05) is 0 Å². The molecule has 0 bridgehead atoms. The molecule has 4 heteroatoms. The number of hydrogen-bond donors (Lipinski definition) is 0. The Balaban J connectivity index is 2.43. The van der Waals surface area contributed by atoms with Gasteiger partial charge in [-0.25, -0.2) is 0 Å². The molecule has 1 atom stereocenters. The van der Waals surface area contributed by atoms with E-state index in [1.54, 1.807) is 0 Å². The molecule has 0 aromatic rings. The molecule has 44 valence electrons. The molecular weight excluding hydrogens is 131 g/mol. The van der Waals surface area contributed by atoms with Gasteiger partial charge in [0.05, 0.1) is 0 Å². The smallest absolute Gasteiger partial charge is 0.298 e. The summed E-state index contributed by atoms with van der Waals surface area (Å²) in [4.78, 5) is 9.81. The zero-order valence-electron chi connectivity index (χ0n) is 3.83. The van der Waals surface area contributed by atoms with Crippen molar-refractivity contribution in [3.63, 3.8) is 0 Å². The Morgan fingerprint density at radius 2 is 2.62 bits per heavy atom. The number of rotatable bonds is 1. The quantitative estimate of drug-likeness (QED) is 0.493. The standard InChI is InChI=1S/C4H3ClO3/c5-3-2-7-4(1-6)8-3/h1-2,4H. The molecule has 1 aliphatic rings. The van der Waals surface area contributed by atoms with Crippen LogP contribution in [-0.2, 0) is 14.3 Å². The topological polar surface area (TPSA) is 35.5 Å². The first-order valence-electron chi connectivity index (χ1n) is 1.96. The van der Waals surface area contributed by atoms with Crippen LogP contribution in [0, 0.1) is 0 Å². The summed E-state index contributed by atoms with van der Waals surface area (Å²) in [6.07, 6.45) is 0.870. The Morgan fingerprint density at radius 1 is 1.88 bits per heavy atom. The van der Waals surface area contributed by atoms with Crippen LogP contribution in [-0.4, -0.2) is 12.6 Å². The summed E-state index contributed by atoms with van der Waals surface area (Å²) in [5.41, 5.74) is 0. The largest absolute Gasteiger partial charge is 0.451 e. The SMILES string of the molecule is O=CC1OC=C(Cl)O1. The summed E-state index contributed by atoms with van der Waals surface area (Å²) in [6, 6.07) is 0. The molecule has 0 saturated carbocycles. The lowest BCUT2D eigenvalue weighted by molar-refractivity contribution is -0.128. The maximum atomic E-state index is 9.81. The van der Waals surface area contributed by atoms with Gasteiger partial charge in [-0.2, -0.15) is 0 Å². The minimum atomic E-state index is -0.831. The van der Waals surface area contributed by atoms with Gasteiger partial charge in [0.1, 0.15) is 6.26 Å². The van der Waals surface area contributed by atoms with E-state index in [-0.39, 0.29) is 5.22 Å². The molecule has 1 aliphatic heterocycles. The summed E-state index contributed by atoms with van der Waals surface area (Å²) in [5.74, 6) is 0. The van der Waals surface area contributed by atoms with Crippen LogP contribution in [0.5, 0.6) is 0 Å². The second-order valence-corrected chi connectivity index (χ2v) is 1.55. The Bertz CT molecular complexity index is 131. The van der Waals surface area contributed by atoms with E-state index in [0.29, 0.717) is 6.29 Å². The average Bonchev–Trinajstić information content (AvgIpc) is 2.14. The first-order chi connectivity index (χ1) is 3.83. The lowest BCUT2D eigenvalue weighted by Crippen LogP contribution is -2.07. The second-order valence-electron chi connectivity index (χ2n) is 1.18. The van der Waals surface area contributed by atoms with Crippen molar-refractivity contribution in [1.82, 2.24) is 0 Å². The minimum Gasteiger partial charge on any atom is -0.451 e. The monoisotopic (exact) mass is 134 g/mol. The molecule has 3 nitrogen and oxygen atoms in total. The van der Waals surface area contributed by atoms with E-state index in [4.69, 9.17) is 11.6 Å². The molecule has 0 spiro atoms. The molecule has 1 heterocycles. The van der Waals surface area contributed by atoms with Crippen LogP contribution in [0.2, 0.25) is 0 Å². The lowest BCUT2D eigenvalue weighted by atomic mass is 10.7. The predicted octanol–water partition coefficient (Wildman–Crippen LogP) is 0.596. The third-order valence-corrected chi connectivity index (χ3v) is 0.813. The van der Waals surface area contributed by atoms with Gasteiger partial charge in [-0.15, -0.1) is 0 Å². The van der Waals surface area contributed by atoms with E-state index in [1.807, 2.05) is 0 Å². The predicted molar refractivity (Wildman–Crippen MR) is 26.0 cm³/mol. The van der Waals surface area contributed by atoms with E-state index >= 15 is 0 Å². The van der Waals surface area contributed by atoms with Crippen LogP contribution in [0.3, 0.4) is 0 Å². The van der Waals surface area contributed by atoms with Gasteiger partial charge >= 0.3 is 0 Å². The molecule has 0 amide bonds. The molecule has 0 fully saturated rings. The van der Waals surface area contributed by atoms with Crippen molar-refractivity contribution in [3.8, 4) is 0 Å². The molecule has 1 rings (SSSR count). The number of ether oxygens (including phenoxy) is 2. The Morgan fingerprint density at radius 3 is 2.88 bits per heavy atom. The average molecular weight is 135 g/mol. The molecular formula is C4H3ClO3. The Kier molecular flexibility index (Phi) is 1.39.